The summed E-state index contributed by atoms with van der Waals surface area (Å²) in [6.07, 6.45) is 8.72. The number of pyridine rings is 1. The Labute approximate surface area is 258 Å². The van der Waals surface area contributed by atoms with Crippen LogP contribution in [0, 0.1) is 0 Å². The summed E-state index contributed by atoms with van der Waals surface area (Å²) in [5.41, 5.74) is 0.925. The molecule has 3 aliphatic heterocycles. The molecule has 13 heteroatoms. The Morgan fingerprint density at radius 1 is 1.11 bits per heavy atom. The Kier molecular flexibility index (Phi) is 8.38. The minimum atomic E-state index is -5.08. The predicted octanol–water partition coefficient (Wildman–Crippen LogP) is 4.66. The fourth-order valence-corrected chi connectivity index (χ4v) is 8.23. The van der Waals surface area contributed by atoms with Crippen molar-refractivity contribution in [2.75, 3.05) is 13.1 Å². The van der Waals surface area contributed by atoms with Gasteiger partial charge in [-0.1, -0.05) is 25.0 Å². The van der Waals surface area contributed by atoms with Gasteiger partial charge in [-0.05, 0) is 74.2 Å². The second-order valence-corrected chi connectivity index (χ2v) is 15.2. The molecule has 3 aromatic rings. The van der Waals surface area contributed by atoms with Crippen LogP contribution in [0.5, 0.6) is 0 Å². The van der Waals surface area contributed by atoms with Crippen molar-refractivity contribution in [1.29, 1.82) is 0 Å². The van der Waals surface area contributed by atoms with Crippen molar-refractivity contribution in [2.24, 2.45) is 0 Å². The number of carbonyl (C=O) groups excluding carboxylic acids is 3. The quantitative estimate of drug-likeness (QED) is 0.332. The van der Waals surface area contributed by atoms with Crippen LogP contribution in [0.4, 0.5) is 4.39 Å². The zero-order chi connectivity index (χ0) is 31.2. The number of alkyl halides is 1. The highest BCUT2D eigenvalue weighted by atomic mass is 32.1. The number of nitrogens with zero attached hydrogens (tertiary/aromatic N) is 3. The molecule has 5 atom stereocenters. The van der Waals surface area contributed by atoms with Crippen molar-refractivity contribution in [1.82, 2.24) is 20.1 Å². The number of rotatable bonds is 6. The number of likely N-dealkylation sites (tertiary alicyclic amines) is 1. The zero-order valence-electron chi connectivity index (χ0n) is 24.4. The van der Waals surface area contributed by atoms with E-state index in [1.807, 2.05) is 23.2 Å². The van der Waals surface area contributed by atoms with E-state index < -0.39 is 31.0 Å². The zero-order valence-corrected chi connectivity index (χ0v) is 26.1. The number of thiophene rings is 1. The number of aromatic nitrogens is 1. The van der Waals surface area contributed by atoms with Gasteiger partial charge in [0.1, 0.15) is 12.1 Å². The molecule has 10 nitrogen and oxygen atoms in total. The third kappa shape index (κ3) is 5.80. The molecule has 0 spiro atoms. The van der Waals surface area contributed by atoms with Gasteiger partial charge < -0.3 is 24.9 Å². The van der Waals surface area contributed by atoms with E-state index in [2.05, 4.69) is 10.3 Å². The van der Waals surface area contributed by atoms with E-state index in [4.69, 9.17) is 0 Å². The monoisotopic (exact) mass is 642 g/mol. The van der Waals surface area contributed by atoms with Crippen LogP contribution in [0.25, 0.3) is 10.1 Å². The Morgan fingerprint density at radius 3 is 2.66 bits per heavy atom. The minimum Gasteiger partial charge on any atom is -0.340 e. The van der Waals surface area contributed by atoms with Gasteiger partial charge in [-0.2, -0.15) is 0 Å². The molecule has 3 saturated heterocycles. The maximum absolute atomic E-state index is 14.9. The van der Waals surface area contributed by atoms with Crippen molar-refractivity contribution in [3.05, 3.63) is 64.8 Å². The first-order valence-corrected chi connectivity index (χ1v) is 17.5. The lowest BCUT2D eigenvalue weighted by atomic mass is 9.99. The smallest absolute Gasteiger partial charge is 0.340 e. The summed E-state index contributed by atoms with van der Waals surface area (Å²) in [6, 6.07) is 8.27. The number of carbonyl (C=O) groups is 3. The first-order valence-electron chi connectivity index (χ1n) is 15.0. The summed E-state index contributed by atoms with van der Waals surface area (Å²) in [5, 5.41) is 0.505. The third-order valence-corrected chi connectivity index (χ3v) is 11.9. The van der Waals surface area contributed by atoms with Crippen LogP contribution in [-0.4, -0.2) is 73.5 Å². The fraction of sp³-hybridized carbons (Fsp3) is 0.484. The second kappa shape index (κ2) is 12.0. The summed E-state index contributed by atoms with van der Waals surface area (Å²) in [7, 11) is -5.08. The van der Waals surface area contributed by atoms with Crippen LogP contribution in [0.15, 0.2) is 48.8 Å². The van der Waals surface area contributed by atoms with Crippen molar-refractivity contribution in [3.63, 3.8) is 0 Å². The number of halogens is 1. The highest BCUT2D eigenvalue weighted by Gasteiger charge is 2.47. The van der Waals surface area contributed by atoms with E-state index in [-0.39, 0.29) is 29.3 Å². The Balaban J connectivity index is 1.17. The molecule has 6 rings (SSSR count). The normalized spacial score (nSPS) is 25.8. The molecule has 44 heavy (non-hydrogen) atoms. The molecule has 3 N–H and O–H groups in total. The highest BCUT2D eigenvalue weighted by Crippen LogP contribution is 2.58. The maximum Gasteiger partial charge on any atom is 0.366 e. The van der Waals surface area contributed by atoms with Crippen LogP contribution in [0.2, 0.25) is 0 Å². The molecule has 0 bridgehead atoms. The molecule has 2 unspecified atom stereocenters. The molecule has 3 amide bonds. The molecule has 3 aliphatic rings. The van der Waals surface area contributed by atoms with Gasteiger partial charge in [0.05, 0.1) is 4.88 Å². The van der Waals surface area contributed by atoms with Gasteiger partial charge >= 0.3 is 7.60 Å². The van der Waals surface area contributed by atoms with E-state index in [9.17, 15) is 33.1 Å². The van der Waals surface area contributed by atoms with Crippen LogP contribution < -0.4 is 5.32 Å². The van der Waals surface area contributed by atoms with Gasteiger partial charge in [0.25, 0.3) is 5.91 Å². The van der Waals surface area contributed by atoms with Crippen LogP contribution in [-0.2, 0) is 19.6 Å². The third-order valence-electron chi connectivity index (χ3n) is 9.40. The fourth-order valence-electron chi connectivity index (χ4n) is 6.81. The first kappa shape index (κ1) is 30.8. The lowest BCUT2D eigenvalue weighted by molar-refractivity contribution is -0.146. The van der Waals surface area contributed by atoms with Crippen molar-refractivity contribution in [3.8, 4) is 0 Å². The second-order valence-electron chi connectivity index (χ2n) is 12.2. The molecule has 234 valence electrons. The van der Waals surface area contributed by atoms with E-state index in [1.165, 1.54) is 18.2 Å². The molecule has 0 aliphatic carbocycles. The van der Waals surface area contributed by atoms with E-state index in [1.54, 1.807) is 17.2 Å². The van der Waals surface area contributed by atoms with Crippen molar-refractivity contribution >= 4 is 46.7 Å². The van der Waals surface area contributed by atoms with Gasteiger partial charge in [0.2, 0.25) is 17.2 Å². The standard InChI is InChI=1S/C31H36FN4O6PS/c1-31(32,43(40,41)42)22-8-11-26-21(15-22)16-27(44-26)28(37)34-24-7-3-2-6-23-9-10-25(36(23)29(24)38)30(39)35-14-12-20(18-35)19-5-4-13-33-17-19/h4-5,8,11,13,15-17,20,23-25H,2-3,6-7,9-10,12,14,18H2,1H3,(H,34,37)(H2,40,41,42)/t20?,23-,24-,25-,31?/m0/s1. The number of hydrogen-bond acceptors (Lipinski definition) is 6. The number of fused-ring (bicyclic) bond motifs is 2. The summed E-state index contributed by atoms with van der Waals surface area (Å²) in [6.45, 7) is 2.06. The maximum atomic E-state index is 14.9. The number of amides is 3. The van der Waals surface area contributed by atoms with Gasteiger partial charge in [0.15, 0.2) is 0 Å². The average molecular weight is 643 g/mol. The molecular weight excluding hydrogens is 606 g/mol. The average Bonchev–Trinajstić information content (AvgIpc) is 3.75. The Bertz CT molecular complexity index is 1630. The lowest BCUT2D eigenvalue weighted by Gasteiger charge is -2.36. The summed E-state index contributed by atoms with van der Waals surface area (Å²) < 4.78 is 27.3. The molecule has 5 heterocycles. The SMILES string of the molecule is CC(F)(c1ccc2sc(C(=O)N[C@H]3CCCC[C@H]4CC[C@@H](C(=O)N5CCC(c6cccnc6)C5)N4C3=O)cc2c1)P(=O)(O)O. The Hall–Kier alpha value is -3.18. The summed E-state index contributed by atoms with van der Waals surface area (Å²) in [4.78, 5) is 68.2. The van der Waals surface area contributed by atoms with Gasteiger partial charge in [-0.15, -0.1) is 11.3 Å². The molecule has 0 radical (unpaired) electrons. The van der Waals surface area contributed by atoms with E-state index in [0.29, 0.717) is 40.9 Å². The van der Waals surface area contributed by atoms with Gasteiger partial charge in [-0.3, -0.25) is 23.9 Å². The molecule has 2 aromatic heterocycles. The predicted molar refractivity (Wildman–Crippen MR) is 164 cm³/mol. The molecule has 3 fully saturated rings. The highest BCUT2D eigenvalue weighted by molar-refractivity contribution is 7.52. The number of nitrogens with one attached hydrogen (secondary N) is 1. The first-order chi connectivity index (χ1) is 20.9. The molecule has 0 saturated carbocycles. The van der Waals surface area contributed by atoms with Crippen molar-refractivity contribution in [2.45, 2.75) is 81.3 Å². The van der Waals surface area contributed by atoms with Crippen LogP contribution in [0.3, 0.4) is 0 Å². The number of benzene rings is 1. The number of hydrogen-bond donors (Lipinski definition) is 3. The van der Waals surface area contributed by atoms with Crippen LogP contribution >= 0.6 is 18.9 Å². The van der Waals surface area contributed by atoms with Gasteiger partial charge in [0, 0.05) is 47.7 Å². The molecular formula is C31H36FN4O6PS. The largest absolute Gasteiger partial charge is 0.366 e. The van der Waals surface area contributed by atoms with E-state index in [0.717, 1.165) is 55.9 Å². The van der Waals surface area contributed by atoms with Gasteiger partial charge in [-0.25, -0.2) is 4.39 Å². The minimum absolute atomic E-state index is 0.0339. The van der Waals surface area contributed by atoms with Crippen molar-refractivity contribution < 1.29 is 33.1 Å². The lowest BCUT2D eigenvalue weighted by Crippen LogP contribution is -2.56. The topological polar surface area (TPSA) is 140 Å². The Morgan fingerprint density at radius 2 is 1.91 bits per heavy atom. The summed E-state index contributed by atoms with van der Waals surface area (Å²) >= 11 is 1.15. The summed E-state index contributed by atoms with van der Waals surface area (Å²) in [5.74, 6) is -0.511. The molecule has 1 aromatic carbocycles. The van der Waals surface area contributed by atoms with E-state index >= 15 is 0 Å². The van der Waals surface area contributed by atoms with Crippen LogP contribution in [0.1, 0.15) is 78.6 Å².